The van der Waals surface area contributed by atoms with Crippen molar-refractivity contribution in [1.29, 1.82) is 0 Å². The molecule has 6 heteroatoms. The second kappa shape index (κ2) is 3.53. The van der Waals surface area contributed by atoms with E-state index in [1.807, 2.05) is 0 Å². The van der Waals surface area contributed by atoms with Crippen LogP contribution in [0.25, 0.3) is 0 Å². The number of hydrogen-bond donors (Lipinski definition) is 1. The molecule has 0 spiro atoms. The quantitative estimate of drug-likeness (QED) is 0.740. The second-order valence-electron chi connectivity index (χ2n) is 2.71. The second-order valence-corrected chi connectivity index (χ2v) is 2.71. The molecule has 0 fully saturated rings. The van der Waals surface area contributed by atoms with Crippen LogP contribution in [0.2, 0.25) is 0 Å². The predicted molar refractivity (Wildman–Crippen MR) is 44.2 cm³/mol. The SMILES string of the molecule is CC(C)(C(=O)O)n1ccnn1.Cl. The average molecular weight is 192 g/mol. The summed E-state index contributed by atoms with van der Waals surface area (Å²) in [5, 5.41) is 15.8. The van der Waals surface area contributed by atoms with Gasteiger partial charge in [0.15, 0.2) is 5.54 Å². The highest BCUT2D eigenvalue weighted by Gasteiger charge is 2.29. The molecule has 0 bridgehead atoms. The maximum atomic E-state index is 10.6. The van der Waals surface area contributed by atoms with E-state index in [-0.39, 0.29) is 12.4 Å². The van der Waals surface area contributed by atoms with Gasteiger partial charge in [-0.3, -0.25) is 0 Å². The molecule has 0 amide bonds. The van der Waals surface area contributed by atoms with Crippen LogP contribution in [0.15, 0.2) is 12.4 Å². The standard InChI is InChI=1S/C6H9N3O2.ClH/c1-6(2,5(10)11)9-4-3-7-8-9;/h3-4H,1-2H3,(H,10,11);1H. The number of nitrogens with zero attached hydrogens (tertiary/aromatic N) is 3. The van der Waals surface area contributed by atoms with Gasteiger partial charge >= 0.3 is 5.97 Å². The number of hydrogen-bond acceptors (Lipinski definition) is 3. The molecule has 0 saturated heterocycles. The molecule has 5 nitrogen and oxygen atoms in total. The van der Waals surface area contributed by atoms with E-state index in [9.17, 15) is 4.79 Å². The zero-order chi connectivity index (χ0) is 8.48. The van der Waals surface area contributed by atoms with Gasteiger partial charge in [0.2, 0.25) is 0 Å². The summed E-state index contributed by atoms with van der Waals surface area (Å²) >= 11 is 0. The van der Waals surface area contributed by atoms with Crippen LogP contribution in [0.3, 0.4) is 0 Å². The average Bonchev–Trinajstić information content (AvgIpc) is 2.37. The van der Waals surface area contributed by atoms with Crippen molar-refractivity contribution in [3.05, 3.63) is 12.4 Å². The first-order chi connectivity index (χ1) is 5.05. The van der Waals surface area contributed by atoms with Gasteiger partial charge < -0.3 is 5.11 Å². The van der Waals surface area contributed by atoms with Crippen LogP contribution in [0.4, 0.5) is 0 Å². The fourth-order valence-corrected chi connectivity index (χ4v) is 0.604. The summed E-state index contributed by atoms with van der Waals surface area (Å²) in [6.45, 7) is 3.12. The Morgan fingerprint density at radius 2 is 2.17 bits per heavy atom. The number of rotatable bonds is 2. The van der Waals surface area contributed by atoms with Crippen LogP contribution in [-0.4, -0.2) is 26.1 Å². The summed E-state index contributed by atoms with van der Waals surface area (Å²) in [6, 6.07) is 0. The van der Waals surface area contributed by atoms with E-state index in [2.05, 4.69) is 10.3 Å². The van der Waals surface area contributed by atoms with Crippen molar-refractivity contribution in [2.24, 2.45) is 0 Å². The van der Waals surface area contributed by atoms with Crippen LogP contribution in [0.5, 0.6) is 0 Å². The Kier molecular flexibility index (Phi) is 3.21. The number of carbonyl (C=O) groups is 1. The van der Waals surface area contributed by atoms with Crippen molar-refractivity contribution < 1.29 is 9.90 Å². The van der Waals surface area contributed by atoms with Gasteiger partial charge in [-0.15, -0.1) is 17.5 Å². The molecule has 1 rings (SSSR count). The van der Waals surface area contributed by atoms with Gasteiger partial charge in [0.05, 0.1) is 6.20 Å². The molecular formula is C6H10ClN3O2. The first kappa shape index (κ1) is 10.9. The van der Waals surface area contributed by atoms with Crippen LogP contribution in [0.1, 0.15) is 13.8 Å². The molecule has 1 aromatic rings. The van der Waals surface area contributed by atoms with Crippen molar-refractivity contribution in [3.63, 3.8) is 0 Å². The van der Waals surface area contributed by atoms with Crippen molar-refractivity contribution in [3.8, 4) is 0 Å². The lowest BCUT2D eigenvalue weighted by Gasteiger charge is -2.18. The number of carboxylic acids is 1. The molecule has 12 heavy (non-hydrogen) atoms. The topological polar surface area (TPSA) is 68.0 Å². The van der Waals surface area contributed by atoms with Crippen LogP contribution >= 0.6 is 12.4 Å². The van der Waals surface area contributed by atoms with E-state index < -0.39 is 11.5 Å². The largest absolute Gasteiger partial charge is 0.479 e. The van der Waals surface area contributed by atoms with E-state index >= 15 is 0 Å². The van der Waals surface area contributed by atoms with Crippen LogP contribution in [0, 0.1) is 0 Å². The minimum atomic E-state index is -1.02. The third-order valence-corrected chi connectivity index (χ3v) is 1.52. The summed E-state index contributed by atoms with van der Waals surface area (Å²) in [6.07, 6.45) is 2.97. The fourth-order valence-electron chi connectivity index (χ4n) is 0.604. The van der Waals surface area contributed by atoms with Crippen LogP contribution < -0.4 is 0 Å². The molecule has 68 valence electrons. The highest BCUT2D eigenvalue weighted by atomic mass is 35.5. The van der Waals surface area contributed by atoms with Gasteiger partial charge in [0.25, 0.3) is 0 Å². The first-order valence-corrected chi connectivity index (χ1v) is 3.15. The zero-order valence-corrected chi connectivity index (χ0v) is 7.58. The van der Waals surface area contributed by atoms with Crippen molar-refractivity contribution in [2.75, 3.05) is 0 Å². The lowest BCUT2D eigenvalue weighted by Crippen LogP contribution is -2.36. The zero-order valence-electron chi connectivity index (χ0n) is 6.76. The van der Waals surface area contributed by atoms with Gasteiger partial charge in [0, 0.05) is 6.20 Å². The van der Waals surface area contributed by atoms with Crippen molar-refractivity contribution in [1.82, 2.24) is 15.0 Å². The molecule has 1 N–H and O–H groups in total. The van der Waals surface area contributed by atoms with E-state index in [0.717, 1.165) is 0 Å². The Balaban J connectivity index is 0.00000121. The molecule has 0 unspecified atom stereocenters. The van der Waals surface area contributed by atoms with Crippen LogP contribution in [-0.2, 0) is 10.3 Å². The summed E-state index contributed by atoms with van der Waals surface area (Å²) in [5.74, 6) is -0.928. The molecule has 0 aliphatic rings. The van der Waals surface area contributed by atoms with Gasteiger partial charge in [0.1, 0.15) is 0 Å². The number of aliphatic carboxylic acids is 1. The van der Waals surface area contributed by atoms with E-state index in [4.69, 9.17) is 5.11 Å². The molecule has 0 saturated carbocycles. The number of carboxylic acid groups (broad SMARTS) is 1. The summed E-state index contributed by atoms with van der Waals surface area (Å²) < 4.78 is 1.30. The highest BCUT2D eigenvalue weighted by Crippen LogP contribution is 2.11. The van der Waals surface area contributed by atoms with Gasteiger partial charge in [-0.25, -0.2) is 9.48 Å². The third kappa shape index (κ3) is 1.73. The molecule has 0 aliphatic heterocycles. The Labute approximate surface area is 75.8 Å². The number of aromatic nitrogens is 3. The third-order valence-electron chi connectivity index (χ3n) is 1.52. The molecule has 1 aromatic heterocycles. The molecule has 1 heterocycles. The van der Waals surface area contributed by atoms with Gasteiger partial charge in [-0.05, 0) is 13.8 Å². The predicted octanol–water partition coefficient (Wildman–Crippen LogP) is 0.520. The maximum absolute atomic E-state index is 10.6. The molecule has 0 aromatic carbocycles. The summed E-state index contributed by atoms with van der Waals surface area (Å²) in [4.78, 5) is 10.6. The Morgan fingerprint density at radius 3 is 2.50 bits per heavy atom. The maximum Gasteiger partial charge on any atom is 0.331 e. The van der Waals surface area contributed by atoms with E-state index in [0.29, 0.717) is 0 Å². The smallest absolute Gasteiger partial charge is 0.331 e. The molecular weight excluding hydrogens is 182 g/mol. The van der Waals surface area contributed by atoms with Crippen molar-refractivity contribution >= 4 is 18.4 Å². The lowest BCUT2D eigenvalue weighted by molar-refractivity contribution is -0.146. The van der Waals surface area contributed by atoms with Gasteiger partial charge in [-0.2, -0.15) is 0 Å². The first-order valence-electron chi connectivity index (χ1n) is 3.15. The monoisotopic (exact) mass is 191 g/mol. The summed E-state index contributed by atoms with van der Waals surface area (Å²) in [5.41, 5.74) is -1.02. The lowest BCUT2D eigenvalue weighted by atomic mass is 10.1. The Morgan fingerprint density at radius 1 is 1.58 bits per heavy atom. The highest BCUT2D eigenvalue weighted by molar-refractivity contribution is 5.85. The minimum absolute atomic E-state index is 0. The van der Waals surface area contributed by atoms with Crippen molar-refractivity contribution in [2.45, 2.75) is 19.4 Å². The summed E-state index contributed by atoms with van der Waals surface area (Å²) in [7, 11) is 0. The fraction of sp³-hybridized carbons (Fsp3) is 0.500. The molecule has 0 radical (unpaired) electrons. The molecule has 0 aliphatic carbocycles. The number of halogens is 1. The van der Waals surface area contributed by atoms with Gasteiger partial charge in [-0.1, -0.05) is 5.21 Å². The normalized spacial score (nSPS) is 10.5. The minimum Gasteiger partial charge on any atom is -0.479 e. The molecule has 0 atom stereocenters. The Hall–Kier alpha value is -1.10. The Bertz CT molecular complexity index is 258. The van der Waals surface area contributed by atoms with E-state index in [1.54, 1.807) is 13.8 Å². The van der Waals surface area contributed by atoms with E-state index in [1.165, 1.54) is 17.1 Å².